The topological polar surface area (TPSA) is 86.7 Å². The molecule has 0 aromatic heterocycles. The van der Waals surface area contributed by atoms with Gasteiger partial charge in [-0.05, 0) is 42.1 Å². The zero-order valence-corrected chi connectivity index (χ0v) is 16.2. The Balaban J connectivity index is 1.77. The normalized spacial score (nSPS) is 15.4. The van der Waals surface area contributed by atoms with Crippen molar-refractivity contribution in [2.24, 2.45) is 0 Å². The Morgan fingerprint density at radius 2 is 1.96 bits per heavy atom. The third-order valence-corrected chi connectivity index (χ3v) is 5.08. The highest BCUT2D eigenvalue weighted by Crippen LogP contribution is 2.37. The minimum absolute atomic E-state index is 0.0118. The van der Waals surface area contributed by atoms with E-state index in [0.29, 0.717) is 11.8 Å². The van der Waals surface area contributed by atoms with Crippen molar-refractivity contribution in [2.75, 3.05) is 11.9 Å². The lowest BCUT2D eigenvalue weighted by Crippen LogP contribution is -2.36. The summed E-state index contributed by atoms with van der Waals surface area (Å²) in [7, 11) is 0. The van der Waals surface area contributed by atoms with Gasteiger partial charge in [-0.2, -0.15) is 0 Å². The molecule has 2 N–H and O–H groups in total. The largest absolute Gasteiger partial charge is 0.506 e. The molecule has 0 bridgehead atoms. The van der Waals surface area contributed by atoms with Crippen LogP contribution in [-0.2, 0) is 9.59 Å². The van der Waals surface area contributed by atoms with Gasteiger partial charge in [0.2, 0.25) is 5.91 Å². The number of aromatic hydroxyl groups is 1. The maximum absolute atomic E-state index is 13.6. The summed E-state index contributed by atoms with van der Waals surface area (Å²) in [5.41, 5.74) is 0.0901. The summed E-state index contributed by atoms with van der Waals surface area (Å²) in [5.74, 6) is -2.40. The highest BCUT2D eigenvalue weighted by atomic mass is 35.5. The monoisotopic (exact) mass is 440 g/mol. The molecule has 3 rings (SSSR count). The maximum Gasteiger partial charge on any atom is 0.294 e. The predicted molar refractivity (Wildman–Crippen MR) is 106 cm³/mol. The SMILES string of the molecule is O=C(CN1C(=O)S/C(=C\c2cc(Cl)cc(Cl)c2O)C1=O)Nc1ccccc1F. The molecule has 0 radical (unpaired) electrons. The number of hydrogen-bond acceptors (Lipinski definition) is 5. The van der Waals surface area contributed by atoms with Gasteiger partial charge in [-0.1, -0.05) is 35.3 Å². The lowest BCUT2D eigenvalue weighted by molar-refractivity contribution is -0.127. The molecule has 1 aliphatic heterocycles. The first-order valence-electron chi connectivity index (χ1n) is 7.74. The van der Waals surface area contributed by atoms with E-state index in [9.17, 15) is 23.9 Å². The van der Waals surface area contributed by atoms with Gasteiger partial charge in [0.1, 0.15) is 18.1 Å². The van der Waals surface area contributed by atoms with Gasteiger partial charge in [0.15, 0.2) is 0 Å². The summed E-state index contributed by atoms with van der Waals surface area (Å²) in [6.07, 6.45) is 1.26. The Bertz CT molecular complexity index is 1030. The van der Waals surface area contributed by atoms with Crippen molar-refractivity contribution in [2.45, 2.75) is 0 Å². The molecular weight excluding hydrogens is 430 g/mol. The van der Waals surface area contributed by atoms with Gasteiger partial charge in [-0.25, -0.2) is 4.39 Å². The fraction of sp³-hybridized carbons (Fsp3) is 0.0556. The highest BCUT2D eigenvalue weighted by molar-refractivity contribution is 8.18. The van der Waals surface area contributed by atoms with E-state index in [4.69, 9.17) is 23.2 Å². The number of phenols is 1. The molecule has 1 aliphatic rings. The Morgan fingerprint density at radius 1 is 1.25 bits per heavy atom. The van der Waals surface area contributed by atoms with Gasteiger partial charge in [0.25, 0.3) is 11.1 Å². The van der Waals surface area contributed by atoms with Crippen LogP contribution in [0.2, 0.25) is 10.0 Å². The fourth-order valence-electron chi connectivity index (χ4n) is 2.37. The molecule has 2 aromatic rings. The fourth-order valence-corrected chi connectivity index (χ4v) is 3.71. The summed E-state index contributed by atoms with van der Waals surface area (Å²) in [4.78, 5) is 37.4. The summed E-state index contributed by atoms with van der Waals surface area (Å²) >= 11 is 12.3. The van der Waals surface area contributed by atoms with Gasteiger partial charge < -0.3 is 10.4 Å². The lowest BCUT2D eigenvalue weighted by Gasteiger charge is -2.12. The van der Waals surface area contributed by atoms with E-state index in [2.05, 4.69) is 5.32 Å². The zero-order valence-electron chi connectivity index (χ0n) is 13.9. The minimum Gasteiger partial charge on any atom is -0.506 e. The van der Waals surface area contributed by atoms with Crippen molar-refractivity contribution in [1.82, 2.24) is 4.90 Å². The molecular formula is C18H11Cl2FN2O4S. The van der Waals surface area contributed by atoms with E-state index in [1.807, 2.05) is 0 Å². The zero-order chi connectivity index (χ0) is 20.4. The number of nitrogens with zero attached hydrogens (tertiary/aromatic N) is 1. The molecule has 1 fully saturated rings. The number of carbonyl (C=O) groups excluding carboxylic acids is 3. The molecule has 0 aliphatic carbocycles. The van der Waals surface area contributed by atoms with E-state index in [1.165, 1.54) is 42.5 Å². The first-order chi connectivity index (χ1) is 13.3. The van der Waals surface area contributed by atoms with Gasteiger partial charge in [-0.15, -0.1) is 0 Å². The average molecular weight is 441 g/mol. The molecule has 6 nitrogen and oxygen atoms in total. The van der Waals surface area contributed by atoms with Crippen LogP contribution in [0.4, 0.5) is 14.9 Å². The molecule has 0 unspecified atom stereocenters. The number of rotatable bonds is 4. The van der Waals surface area contributed by atoms with Crippen molar-refractivity contribution >= 4 is 63.8 Å². The molecule has 28 heavy (non-hydrogen) atoms. The van der Waals surface area contributed by atoms with Gasteiger partial charge in [0, 0.05) is 10.6 Å². The molecule has 144 valence electrons. The van der Waals surface area contributed by atoms with Crippen LogP contribution in [0, 0.1) is 5.82 Å². The average Bonchev–Trinajstić information content (AvgIpc) is 2.88. The van der Waals surface area contributed by atoms with Crippen LogP contribution in [0.25, 0.3) is 6.08 Å². The maximum atomic E-state index is 13.6. The van der Waals surface area contributed by atoms with E-state index in [1.54, 1.807) is 0 Å². The number of phenolic OH excluding ortho intramolecular Hbond substituents is 1. The van der Waals surface area contributed by atoms with Crippen molar-refractivity contribution in [3.63, 3.8) is 0 Å². The summed E-state index contributed by atoms with van der Waals surface area (Å²) in [5, 5.41) is 11.8. The Morgan fingerprint density at radius 3 is 2.68 bits per heavy atom. The second kappa shape index (κ2) is 8.22. The van der Waals surface area contributed by atoms with Crippen molar-refractivity contribution in [3.05, 3.63) is 62.7 Å². The molecule has 3 amide bonds. The molecule has 1 heterocycles. The first kappa shape index (κ1) is 20.2. The molecule has 1 saturated heterocycles. The second-order valence-corrected chi connectivity index (χ2v) is 7.46. The summed E-state index contributed by atoms with van der Waals surface area (Å²) in [6, 6.07) is 8.22. The summed E-state index contributed by atoms with van der Waals surface area (Å²) < 4.78 is 13.6. The van der Waals surface area contributed by atoms with Crippen LogP contribution in [0.5, 0.6) is 5.75 Å². The number of anilines is 1. The van der Waals surface area contributed by atoms with E-state index < -0.39 is 29.4 Å². The summed E-state index contributed by atoms with van der Waals surface area (Å²) in [6.45, 7) is -0.585. The van der Waals surface area contributed by atoms with Crippen LogP contribution in [0.1, 0.15) is 5.56 Å². The Labute approximate surface area is 172 Å². The Hall–Kier alpha value is -2.55. The molecule has 0 spiro atoms. The first-order valence-corrected chi connectivity index (χ1v) is 9.31. The lowest BCUT2D eigenvalue weighted by atomic mass is 10.2. The number of para-hydroxylation sites is 1. The number of benzene rings is 2. The number of hydrogen-bond donors (Lipinski definition) is 2. The number of thioether (sulfide) groups is 1. The number of carbonyl (C=O) groups is 3. The number of amides is 3. The van der Waals surface area contributed by atoms with E-state index >= 15 is 0 Å². The van der Waals surface area contributed by atoms with Crippen LogP contribution >= 0.6 is 35.0 Å². The number of nitrogens with one attached hydrogen (secondary N) is 1. The molecule has 0 atom stereocenters. The van der Waals surface area contributed by atoms with Gasteiger partial charge in [-0.3, -0.25) is 19.3 Å². The van der Waals surface area contributed by atoms with Crippen molar-refractivity contribution < 1.29 is 23.9 Å². The van der Waals surface area contributed by atoms with Crippen molar-refractivity contribution in [1.29, 1.82) is 0 Å². The predicted octanol–water partition coefficient (Wildman–Crippen LogP) is 4.51. The van der Waals surface area contributed by atoms with Crippen molar-refractivity contribution in [3.8, 4) is 5.75 Å². The van der Waals surface area contributed by atoms with Crippen LogP contribution in [0.15, 0.2) is 41.3 Å². The molecule has 0 saturated carbocycles. The van der Waals surface area contributed by atoms with Crippen LogP contribution < -0.4 is 5.32 Å². The standard InChI is InChI=1S/C18H11Cl2FN2O4S/c19-10-5-9(16(25)11(20)7-10)6-14-17(26)23(18(27)28-14)8-15(24)22-13-4-2-1-3-12(13)21/h1-7,25H,8H2,(H,22,24)/b14-6-. The quantitative estimate of drug-likeness (QED) is 0.682. The van der Waals surface area contributed by atoms with Gasteiger partial charge >= 0.3 is 0 Å². The molecule has 10 heteroatoms. The van der Waals surface area contributed by atoms with E-state index in [-0.39, 0.29) is 32.0 Å². The molecule has 2 aromatic carbocycles. The minimum atomic E-state index is -0.734. The number of halogens is 3. The second-order valence-electron chi connectivity index (χ2n) is 5.62. The Kier molecular flexibility index (Phi) is 5.93. The smallest absolute Gasteiger partial charge is 0.294 e. The van der Waals surface area contributed by atoms with Crippen LogP contribution in [0.3, 0.4) is 0 Å². The third kappa shape index (κ3) is 4.30. The van der Waals surface area contributed by atoms with Crippen LogP contribution in [-0.4, -0.2) is 33.6 Å². The van der Waals surface area contributed by atoms with Gasteiger partial charge in [0.05, 0.1) is 15.6 Å². The highest BCUT2D eigenvalue weighted by Gasteiger charge is 2.36. The van der Waals surface area contributed by atoms with E-state index in [0.717, 1.165) is 4.90 Å². The third-order valence-electron chi connectivity index (χ3n) is 3.67. The number of imide groups is 1.